The van der Waals surface area contributed by atoms with Crippen molar-refractivity contribution in [3.8, 4) is 5.75 Å². The summed E-state index contributed by atoms with van der Waals surface area (Å²) in [7, 11) is 0. The molecular formula is C32H30ClN3O4. The largest absolute Gasteiger partial charge is 0.494 e. The lowest BCUT2D eigenvalue weighted by Gasteiger charge is -2.43. The van der Waals surface area contributed by atoms with Crippen molar-refractivity contribution < 1.29 is 19.1 Å². The Hall–Kier alpha value is -3.68. The standard InChI is InChI=1S/C32H30ClN3O4/c1-3-15-40-21-12-10-19(11-13-21)28(37)26-25-9-6-14-36(25)32(23-17-20(33)16-18(2)27(23)35-30(32)39)31(26)22-7-4-5-8-24(22)34-29(31)38/h4-5,7-8,10-13,16-17,25-26H,3,6,9,14-15H2,1-2H3,(H,34,38)(H,35,39)/t25-,26+,31+,32+/m1/s1. The minimum absolute atomic E-state index is 0.150. The highest BCUT2D eigenvalue weighted by molar-refractivity contribution is 6.31. The van der Waals surface area contributed by atoms with Gasteiger partial charge in [-0.25, -0.2) is 0 Å². The van der Waals surface area contributed by atoms with Crippen LogP contribution in [-0.4, -0.2) is 41.7 Å². The summed E-state index contributed by atoms with van der Waals surface area (Å²) >= 11 is 6.62. The molecule has 4 aliphatic rings. The number of Topliss-reactive ketones (excluding diaryl/α,β-unsaturated/α-hetero) is 1. The lowest BCUT2D eigenvalue weighted by Crippen LogP contribution is -2.62. The van der Waals surface area contributed by atoms with Gasteiger partial charge in [0.2, 0.25) is 5.91 Å². The first-order valence-corrected chi connectivity index (χ1v) is 14.3. The number of carbonyl (C=O) groups excluding carboxylic acids is 3. The van der Waals surface area contributed by atoms with Gasteiger partial charge in [-0.05, 0) is 86.3 Å². The molecule has 8 heteroatoms. The quantitative estimate of drug-likeness (QED) is 0.409. The van der Waals surface area contributed by atoms with Crippen LogP contribution in [-0.2, 0) is 20.5 Å². The van der Waals surface area contributed by atoms with E-state index in [0.717, 1.165) is 18.4 Å². The molecule has 4 heterocycles. The van der Waals surface area contributed by atoms with Crippen LogP contribution in [0, 0.1) is 12.8 Å². The number of rotatable bonds is 5. The minimum atomic E-state index is -1.49. The zero-order valence-corrected chi connectivity index (χ0v) is 23.2. The molecule has 7 rings (SSSR count). The summed E-state index contributed by atoms with van der Waals surface area (Å²) < 4.78 is 5.74. The lowest BCUT2D eigenvalue weighted by atomic mass is 9.57. The van der Waals surface area contributed by atoms with Gasteiger partial charge >= 0.3 is 0 Å². The molecule has 2 N–H and O–H groups in total. The maximum absolute atomic E-state index is 14.7. The Morgan fingerprint density at radius 2 is 1.82 bits per heavy atom. The molecule has 2 fully saturated rings. The number of amides is 2. The fourth-order valence-corrected chi connectivity index (χ4v) is 8.20. The predicted molar refractivity (Wildman–Crippen MR) is 153 cm³/mol. The number of hydrogen-bond acceptors (Lipinski definition) is 5. The molecule has 7 nitrogen and oxygen atoms in total. The van der Waals surface area contributed by atoms with E-state index in [1.807, 2.05) is 44.2 Å². The van der Waals surface area contributed by atoms with Gasteiger partial charge in [0.1, 0.15) is 16.7 Å². The molecule has 2 spiro atoms. The maximum atomic E-state index is 14.7. The van der Waals surface area contributed by atoms with Gasteiger partial charge in [-0.3, -0.25) is 19.3 Å². The summed E-state index contributed by atoms with van der Waals surface area (Å²) in [6.45, 7) is 5.12. The average molecular weight is 556 g/mol. The van der Waals surface area contributed by atoms with Gasteiger partial charge < -0.3 is 15.4 Å². The van der Waals surface area contributed by atoms with Crippen LogP contribution >= 0.6 is 11.6 Å². The molecule has 0 aromatic heterocycles. The van der Waals surface area contributed by atoms with Crippen molar-refractivity contribution in [2.45, 2.75) is 50.1 Å². The molecule has 2 saturated heterocycles. The number of nitrogens with one attached hydrogen (secondary N) is 2. The molecular weight excluding hydrogens is 526 g/mol. The molecule has 0 aliphatic carbocycles. The highest BCUT2D eigenvalue weighted by Gasteiger charge is 2.81. The molecule has 2 amide bonds. The lowest BCUT2D eigenvalue weighted by molar-refractivity contribution is -0.137. The van der Waals surface area contributed by atoms with Crippen molar-refractivity contribution in [1.82, 2.24) is 4.90 Å². The van der Waals surface area contributed by atoms with E-state index < -0.39 is 16.9 Å². The summed E-state index contributed by atoms with van der Waals surface area (Å²) in [5.41, 5.74) is 1.04. The van der Waals surface area contributed by atoms with Crippen molar-refractivity contribution in [2.75, 3.05) is 23.8 Å². The summed E-state index contributed by atoms with van der Waals surface area (Å²) in [4.78, 5) is 45.9. The van der Waals surface area contributed by atoms with Gasteiger partial charge in [0.15, 0.2) is 5.78 Å². The van der Waals surface area contributed by atoms with E-state index in [1.54, 1.807) is 30.3 Å². The van der Waals surface area contributed by atoms with Crippen molar-refractivity contribution in [1.29, 1.82) is 0 Å². The van der Waals surface area contributed by atoms with Crippen LogP contribution in [0.4, 0.5) is 11.4 Å². The molecule has 4 aliphatic heterocycles. The Morgan fingerprint density at radius 3 is 2.60 bits per heavy atom. The number of ether oxygens (including phenoxy) is 1. The molecule has 0 bridgehead atoms. The predicted octanol–water partition coefficient (Wildman–Crippen LogP) is 5.45. The number of anilines is 2. The number of hydrogen-bond donors (Lipinski definition) is 2. The number of ketones is 1. The topological polar surface area (TPSA) is 87.7 Å². The highest BCUT2D eigenvalue weighted by Crippen LogP contribution is 2.68. The van der Waals surface area contributed by atoms with Crippen LogP contribution in [0.5, 0.6) is 5.75 Å². The van der Waals surface area contributed by atoms with E-state index in [9.17, 15) is 14.4 Å². The van der Waals surface area contributed by atoms with E-state index in [1.165, 1.54) is 0 Å². The first-order chi connectivity index (χ1) is 19.3. The normalized spacial score (nSPS) is 28.0. The molecule has 3 aromatic rings. The molecule has 4 atom stereocenters. The van der Waals surface area contributed by atoms with E-state index >= 15 is 0 Å². The van der Waals surface area contributed by atoms with Crippen LogP contribution in [0.25, 0.3) is 0 Å². The summed E-state index contributed by atoms with van der Waals surface area (Å²) in [6.07, 6.45) is 2.41. The van der Waals surface area contributed by atoms with E-state index in [4.69, 9.17) is 16.3 Å². The number of fused-ring (bicyclic) bond motifs is 7. The van der Waals surface area contributed by atoms with E-state index in [-0.39, 0.29) is 23.6 Å². The second kappa shape index (κ2) is 8.91. The van der Waals surface area contributed by atoms with Gasteiger partial charge in [0, 0.05) is 33.6 Å². The Bertz CT molecular complexity index is 1590. The first kappa shape index (κ1) is 25.3. The smallest absolute Gasteiger partial charge is 0.251 e. The van der Waals surface area contributed by atoms with E-state index in [0.29, 0.717) is 58.4 Å². The fraction of sp³-hybridized carbons (Fsp3) is 0.344. The van der Waals surface area contributed by atoms with Crippen LogP contribution in [0.1, 0.15) is 53.2 Å². The Balaban J connectivity index is 1.50. The summed E-state index contributed by atoms with van der Waals surface area (Å²) in [5, 5.41) is 6.68. The number of aryl methyl sites for hydroxylation is 1. The highest BCUT2D eigenvalue weighted by atomic mass is 35.5. The number of carbonyl (C=O) groups is 3. The SMILES string of the molecule is CCCOc1ccc(C(=O)[C@@H]2[C@H]3CCCN3[C@@]3(C(=O)Nc4c(C)cc(Cl)cc43)[C@]23C(=O)Nc2ccccc23)cc1. The zero-order chi connectivity index (χ0) is 27.8. The van der Waals surface area contributed by atoms with Gasteiger partial charge in [0.25, 0.3) is 5.91 Å². The second-order valence-electron chi connectivity index (χ2n) is 11.2. The van der Waals surface area contributed by atoms with Gasteiger partial charge in [0.05, 0.1) is 12.5 Å². The maximum Gasteiger partial charge on any atom is 0.251 e. The van der Waals surface area contributed by atoms with Crippen LogP contribution in [0.3, 0.4) is 0 Å². The fourth-order valence-electron chi connectivity index (χ4n) is 7.93. The average Bonchev–Trinajstić information content (AvgIpc) is 3.67. The van der Waals surface area contributed by atoms with Crippen LogP contribution < -0.4 is 15.4 Å². The Labute approximate surface area is 237 Å². The van der Waals surface area contributed by atoms with E-state index in [2.05, 4.69) is 15.5 Å². The Kier molecular flexibility index (Phi) is 5.64. The molecule has 0 unspecified atom stereocenters. The van der Waals surface area contributed by atoms with Gasteiger partial charge in [-0.1, -0.05) is 36.7 Å². The van der Waals surface area contributed by atoms with Crippen molar-refractivity contribution in [3.63, 3.8) is 0 Å². The van der Waals surface area contributed by atoms with Crippen molar-refractivity contribution in [3.05, 3.63) is 87.9 Å². The van der Waals surface area contributed by atoms with Gasteiger partial charge in [-0.2, -0.15) is 0 Å². The molecule has 204 valence electrons. The number of para-hydroxylation sites is 1. The van der Waals surface area contributed by atoms with Crippen molar-refractivity contribution >= 4 is 40.6 Å². The van der Waals surface area contributed by atoms with Crippen LogP contribution in [0.2, 0.25) is 5.02 Å². The Morgan fingerprint density at radius 1 is 1.05 bits per heavy atom. The third-order valence-corrected chi connectivity index (χ3v) is 9.48. The molecule has 0 radical (unpaired) electrons. The number of benzene rings is 3. The number of halogens is 1. The number of nitrogens with zero attached hydrogens (tertiary/aromatic N) is 1. The zero-order valence-electron chi connectivity index (χ0n) is 22.4. The first-order valence-electron chi connectivity index (χ1n) is 13.9. The molecule has 0 saturated carbocycles. The second-order valence-corrected chi connectivity index (χ2v) is 11.7. The van der Waals surface area contributed by atoms with Crippen LogP contribution in [0.15, 0.2) is 60.7 Å². The molecule has 3 aromatic carbocycles. The monoisotopic (exact) mass is 555 g/mol. The third-order valence-electron chi connectivity index (χ3n) is 9.26. The summed E-state index contributed by atoms with van der Waals surface area (Å²) in [6, 6.07) is 17.9. The minimum Gasteiger partial charge on any atom is -0.494 e. The van der Waals surface area contributed by atoms with Gasteiger partial charge in [-0.15, -0.1) is 0 Å². The third kappa shape index (κ3) is 3.02. The van der Waals surface area contributed by atoms with Crippen molar-refractivity contribution in [2.24, 2.45) is 5.92 Å². The summed E-state index contributed by atoms with van der Waals surface area (Å²) in [5.74, 6) is -0.869. The molecule has 40 heavy (non-hydrogen) atoms.